The molecule has 2 aromatic rings. The molecule has 1 atom stereocenters. The Morgan fingerprint density at radius 2 is 2.31 bits per heavy atom. The average Bonchev–Trinajstić information content (AvgIpc) is 2.90. The Labute approximate surface area is 94.5 Å². The maximum atomic E-state index is 9.74. The van der Waals surface area contributed by atoms with E-state index in [9.17, 15) is 5.11 Å². The lowest BCUT2D eigenvalue weighted by Crippen LogP contribution is -2.21. The van der Waals surface area contributed by atoms with Crippen LogP contribution >= 0.6 is 0 Å². The van der Waals surface area contributed by atoms with Crippen molar-refractivity contribution in [1.29, 1.82) is 0 Å². The summed E-state index contributed by atoms with van der Waals surface area (Å²) >= 11 is 0. The smallest absolute Gasteiger partial charge is 0.133 e. The predicted octanol–water partition coefficient (Wildman–Crippen LogP) is 1.44. The van der Waals surface area contributed by atoms with Crippen LogP contribution in [-0.4, -0.2) is 16.2 Å². The number of nitrogens with one attached hydrogen (secondary N) is 1. The summed E-state index contributed by atoms with van der Waals surface area (Å²) in [5.41, 5.74) is 1.19. The molecule has 4 heteroatoms. The summed E-state index contributed by atoms with van der Waals surface area (Å²) in [6.45, 7) is 1.22. The van der Waals surface area contributed by atoms with Gasteiger partial charge in [0.2, 0.25) is 0 Å². The monoisotopic (exact) mass is 220 g/mol. The Bertz CT molecular complexity index is 420. The molecule has 4 nitrogen and oxygen atoms in total. The first-order chi connectivity index (χ1) is 7.77. The average molecular weight is 220 g/mol. The molecule has 0 saturated heterocycles. The fraction of sp³-hybridized carbons (Fsp3) is 0.333. The van der Waals surface area contributed by atoms with E-state index in [4.69, 9.17) is 4.42 Å². The van der Waals surface area contributed by atoms with Gasteiger partial charge in [0.15, 0.2) is 0 Å². The van der Waals surface area contributed by atoms with Crippen LogP contribution in [0.25, 0.3) is 0 Å². The van der Waals surface area contributed by atoms with Gasteiger partial charge in [0.05, 0.1) is 6.26 Å². The lowest BCUT2D eigenvalue weighted by molar-refractivity contribution is 0.147. The van der Waals surface area contributed by atoms with E-state index in [1.165, 1.54) is 5.69 Å². The zero-order chi connectivity index (χ0) is 11.4. The molecule has 2 N–H and O–H groups in total. The molecule has 2 rings (SSSR count). The molecule has 0 amide bonds. The first-order valence-corrected chi connectivity index (χ1v) is 5.30. The maximum absolute atomic E-state index is 9.74. The molecule has 2 heterocycles. The highest BCUT2D eigenvalue weighted by atomic mass is 16.4. The van der Waals surface area contributed by atoms with E-state index >= 15 is 0 Å². The molecule has 0 radical (unpaired) electrons. The van der Waals surface area contributed by atoms with Gasteiger partial charge in [0.25, 0.3) is 0 Å². The molecule has 0 fully saturated rings. The van der Waals surface area contributed by atoms with Crippen molar-refractivity contribution in [3.63, 3.8) is 0 Å². The fourth-order valence-corrected chi connectivity index (χ4v) is 1.60. The van der Waals surface area contributed by atoms with Crippen molar-refractivity contribution in [3.05, 3.63) is 48.2 Å². The number of hydrogen-bond donors (Lipinski definition) is 2. The van der Waals surface area contributed by atoms with Gasteiger partial charge in [-0.2, -0.15) is 0 Å². The number of nitrogens with zero attached hydrogens (tertiary/aromatic N) is 1. The van der Waals surface area contributed by atoms with E-state index < -0.39 is 6.10 Å². The number of furan rings is 1. The Morgan fingerprint density at radius 3 is 2.94 bits per heavy atom. The molecule has 0 bridgehead atoms. The summed E-state index contributed by atoms with van der Waals surface area (Å²) in [4.78, 5) is 0. The van der Waals surface area contributed by atoms with E-state index in [2.05, 4.69) is 5.32 Å². The second-order valence-electron chi connectivity index (χ2n) is 3.77. The zero-order valence-electron chi connectivity index (χ0n) is 9.26. The summed E-state index contributed by atoms with van der Waals surface area (Å²) in [5, 5.41) is 12.9. The maximum Gasteiger partial charge on any atom is 0.133 e. The highest BCUT2D eigenvalue weighted by Crippen LogP contribution is 2.11. The molecule has 0 aliphatic heterocycles. The third-order valence-electron chi connectivity index (χ3n) is 2.57. The number of hydrogen-bond acceptors (Lipinski definition) is 3. The van der Waals surface area contributed by atoms with Crippen LogP contribution in [0.15, 0.2) is 41.1 Å². The minimum atomic E-state index is -0.588. The predicted molar refractivity (Wildman–Crippen MR) is 60.8 cm³/mol. The summed E-state index contributed by atoms with van der Waals surface area (Å²) in [6.07, 6.45) is 2.98. The second-order valence-corrected chi connectivity index (χ2v) is 3.77. The van der Waals surface area contributed by atoms with E-state index in [1.807, 2.05) is 29.9 Å². The molecule has 86 valence electrons. The summed E-state index contributed by atoms with van der Waals surface area (Å²) in [5.74, 6) is 0.597. The summed E-state index contributed by atoms with van der Waals surface area (Å²) in [7, 11) is 2.00. The standard InChI is InChI=1S/C12H16N2O2/c1-14-6-2-4-10(14)8-13-9-11(15)12-5-3-7-16-12/h2-7,11,13,15H,8-9H2,1H3/t11-/m1/s1. The SMILES string of the molecule is Cn1cccc1CNC[C@@H](O)c1ccco1. The van der Waals surface area contributed by atoms with E-state index in [0.29, 0.717) is 12.3 Å². The normalized spacial score (nSPS) is 12.9. The van der Waals surface area contributed by atoms with Crippen molar-refractivity contribution in [1.82, 2.24) is 9.88 Å². The van der Waals surface area contributed by atoms with Crippen LogP contribution in [0.4, 0.5) is 0 Å². The highest BCUT2D eigenvalue weighted by Gasteiger charge is 2.09. The number of aliphatic hydroxyl groups is 1. The molecule has 0 spiro atoms. The van der Waals surface area contributed by atoms with Gasteiger partial charge in [-0.15, -0.1) is 0 Å². The van der Waals surface area contributed by atoms with Gasteiger partial charge in [0, 0.05) is 32.0 Å². The summed E-state index contributed by atoms with van der Waals surface area (Å²) < 4.78 is 7.16. The Hall–Kier alpha value is -1.52. The van der Waals surface area contributed by atoms with Gasteiger partial charge in [0.1, 0.15) is 11.9 Å². The van der Waals surface area contributed by atoms with Crippen LogP contribution in [-0.2, 0) is 13.6 Å². The quantitative estimate of drug-likeness (QED) is 0.801. The van der Waals surface area contributed by atoms with Crippen LogP contribution in [0, 0.1) is 0 Å². The van der Waals surface area contributed by atoms with Crippen molar-refractivity contribution in [2.45, 2.75) is 12.6 Å². The Morgan fingerprint density at radius 1 is 1.44 bits per heavy atom. The van der Waals surface area contributed by atoms with Crippen molar-refractivity contribution >= 4 is 0 Å². The van der Waals surface area contributed by atoms with Gasteiger partial charge in [-0.3, -0.25) is 0 Å². The van der Waals surface area contributed by atoms with Crippen LogP contribution in [0.3, 0.4) is 0 Å². The van der Waals surface area contributed by atoms with Gasteiger partial charge in [-0.1, -0.05) is 0 Å². The van der Waals surface area contributed by atoms with E-state index in [-0.39, 0.29) is 0 Å². The lowest BCUT2D eigenvalue weighted by atomic mass is 10.2. The van der Waals surface area contributed by atoms with Crippen LogP contribution in [0.5, 0.6) is 0 Å². The van der Waals surface area contributed by atoms with Gasteiger partial charge >= 0.3 is 0 Å². The fourth-order valence-electron chi connectivity index (χ4n) is 1.60. The highest BCUT2D eigenvalue weighted by molar-refractivity contribution is 5.06. The second kappa shape index (κ2) is 5.01. The van der Waals surface area contributed by atoms with Crippen molar-refractivity contribution < 1.29 is 9.52 Å². The number of rotatable bonds is 5. The molecule has 0 aliphatic rings. The largest absolute Gasteiger partial charge is 0.467 e. The van der Waals surface area contributed by atoms with Gasteiger partial charge < -0.3 is 19.4 Å². The topological polar surface area (TPSA) is 50.3 Å². The van der Waals surface area contributed by atoms with E-state index in [1.54, 1.807) is 18.4 Å². The first kappa shape index (κ1) is 11.0. The number of aromatic nitrogens is 1. The van der Waals surface area contributed by atoms with Gasteiger partial charge in [-0.05, 0) is 24.3 Å². The molecule has 0 saturated carbocycles. The minimum absolute atomic E-state index is 0.485. The van der Waals surface area contributed by atoms with Crippen molar-refractivity contribution in [3.8, 4) is 0 Å². The van der Waals surface area contributed by atoms with Crippen molar-refractivity contribution in [2.24, 2.45) is 7.05 Å². The Kier molecular flexibility index (Phi) is 3.44. The minimum Gasteiger partial charge on any atom is -0.467 e. The zero-order valence-corrected chi connectivity index (χ0v) is 9.26. The molecule has 0 unspecified atom stereocenters. The molecular formula is C12H16N2O2. The van der Waals surface area contributed by atoms with Crippen LogP contribution in [0.2, 0.25) is 0 Å². The lowest BCUT2D eigenvalue weighted by Gasteiger charge is -2.09. The molecular weight excluding hydrogens is 204 g/mol. The molecule has 0 aromatic carbocycles. The van der Waals surface area contributed by atoms with E-state index in [0.717, 1.165) is 6.54 Å². The third-order valence-corrected chi connectivity index (χ3v) is 2.57. The van der Waals surface area contributed by atoms with Crippen molar-refractivity contribution in [2.75, 3.05) is 6.54 Å². The van der Waals surface area contributed by atoms with Crippen LogP contribution in [0.1, 0.15) is 17.6 Å². The molecule has 2 aromatic heterocycles. The third kappa shape index (κ3) is 2.53. The molecule has 0 aliphatic carbocycles. The van der Waals surface area contributed by atoms with Gasteiger partial charge in [-0.25, -0.2) is 0 Å². The van der Waals surface area contributed by atoms with Crippen LogP contribution < -0.4 is 5.32 Å². The Balaban J connectivity index is 1.78. The summed E-state index contributed by atoms with van der Waals surface area (Å²) in [6, 6.07) is 7.59. The molecule has 16 heavy (non-hydrogen) atoms. The number of aryl methyl sites for hydroxylation is 1. The number of aliphatic hydroxyl groups excluding tert-OH is 1. The first-order valence-electron chi connectivity index (χ1n) is 5.30.